The molecule has 21 heavy (non-hydrogen) atoms. The Morgan fingerprint density at radius 2 is 2.33 bits per heavy atom. The Hall–Kier alpha value is -1.91. The number of hydrogen-bond donors (Lipinski definition) is 2. The number of sulfone groups is 1. The summed E-state index contributed by atoms with van der Waals surface area (Å²) in [4.78, 5) is 16.1. The second-order valence-electron chi connectivity index (χ2n) is 4.77. The van der Waals surface area contributed by atoms with Gasteiger partial charge in [0.25, 0.3) is 5.91 Å². The van der Waals surface area contributed by atoms with E-state index in [-0.39, 0.29) is 30.1 Å². The zero-order valence-corrected chi connectivity index (χ0v) is 12.2. The summed E-state index contributed by atoms with van der Waals surface area (Å²) in [5.41, 5.74) is 0.823. The van der Waals surface area contributed by atoms with E-state index in [1.165, 1.54) is 12.4 Å². The average Bonchev–Trinajstić information content (AvgIpc) is 2.78. The molecule has 1 aromatic rings. The molecule has 0 radical (unpaired) electrons. The van der Waals surface area contributed by atoms with Gasteiger partial charge in [0.15, 0.2) is 9.84 Å². The Morgan fingerprint density at radius 3 is 3.00 bits per heavy atom. The van der Waals surface area contributed by atoms with Gasteiger partial charge in [-0.25, -0.2) is 8.42 Å². The molecule has 0 aliphatic carbocycles. The molecule has 1 unspecified atom stereocenters. The van der Waals surface area contributed by atoms with Gasteiger partial charge >= 0.3 is 0 Å². The van der Waals surface area contributed by atoms with Crippen molar-refractivity contribution in [2.24, 2.45) is 0 Å². The topological polar surface area (TPSA) is 96.4 Å². The highest BCUT2D eigenvalue weighted by Crippen LogP contribution is 2.13. The lowest BCUT2D eigenvalue weighted by atomic mass is 10.1. The SMILES string of the molecule is O=C(NC1CCS(=O)(=O)C1)c1ccncc1C#CCCO. The van der Waals surface area contributed by atoms with Crippen LogP contribution in [-0.2, 0) is 9.84 Å². The number of hydrogen-bond acceptors (Lipinski definition) is 5. The molecule has 6 nitrogen and oxygen atoms in total. The van der Waals surface area contributed by atoms with Crippen molar-refractivity contribution in [3.8, 4) is 11.8 Å². The molecule has 0 saturated carbocycles. The molecule has 2 heterocycles. The lowest BCUT2D eigenvalue weighted by Gasteiger charge is -2.11. The Labute approximate surface area is 123 Å². The quantitative estimate of drug-likeness (QED) is 0.750. The number of amides is 1. The van der Waals surface area contributed by atoms with E-state index in [2.05, 4.69) is 22.1 Å². The number of aliphatic hydroxyl groups excluding tert-OH is 1. The van der Waals surface area contributed by atoms with Gasteiger partial charge < -0.3 is 10.4 Å². The predicted molar refractivity (Wildman–Crippen MR) is 77.3 cm³/mol. The summed E-state index contributed by atoms with van der Waals surface area (Å²) in [5, 5.41) is 11.4. The molecule has 1 saturated heterocycles. The summed E-state index contributed by atoms with van der Waals surface area (Å²) in [6, 6.07) is 1.19. The van der Waals surface area contributed by atoms with Crippen LogP contribution in [0.1, 0.15) is 28.8 Å². The van der Waals surface area contributed by atoms with Crippen molar-refractivity contribution in [2.45, 2.75) is 18.9 Å². The highest BCUT2D eigenvalue weighted by molar-refractivity contribution is 7.91. The summed E-state index contributed by atoms with van der Waals surface area (Å²) >= 11 is 0. The molecule has 1 fully saturated rings. The van der Waals surface area contributed by atoms with Crippen LogP contribution in [0.4, 0.5) is 0 Å². The van der Waals surface area contributed by atoms with Crippen molar-refractivity contribution in [2.75, 3.05) is 18.1 Å². The van der Waals surface area contributed by atoms with Gasteiger partial charge in [0, 0.05) is 24.9 Å². The van der Waals surface area contributed by atoms with Gasteiger partial charge in [-0.2, -0.15) is 0 Å². The first-order chi connectivity index (χ1) is 10.0. The van der Waals surface area contributed by atoms with Crippen LogP contribution in [0, 0.1) is 11.8 Å². The average molecular weight is 308 g/mol. The molecular formula is C14H16N2O4S. The maximum Gasteiger partial charge on any atom is 0.252 e. The van der Waals surface area contributed by atoms with Gasteiger partial charge in [0.1, 0.15) is 0 Å². The van der Waals surface area contributed by atoms with Crippen LogP contribution in [0.5, 0.6) is 0 Å². The molecule has 0 aromatic carbocycles. The molecular weight excluding hydrogens is 292 g/mol. The Morgan fingerprint density at radius 1 is 1.52 bits per heavy atom. The summed E-state index contributed by atoms with van der Waals surface area (Å²) in [7, 11) is -3.03. The van der Waals surface area contributed by atoms with E-state index >= 15 is 0 Å². The van der Waals surface area contributed by atoms with E-state index in [1.807, 2.05) is 0 Å². The van der Waals surface area contributed by atoms with Crippen LogP contribution < -0.4 is 5.32 Å². The highest BCUT2D eigenvalue weighted by atomic mass is 32.2. The van der Waals surface area contributed by atoms with Crippen molar-refractivity contribution in [3.05, 3.63) is 29.6 Å². The monoisotopic (exact) mass is 308 g/mol. The van der Waals surface area contributed by atoms with E-state index in [1.54, 1.807) is 6.07 Å². The van der Waals surface area contributed by atoms with Gasteiger partial charge in [0.05, 0.1) is 29.2 Å². The number of nitrogens with zero attached hydrogens (tertiary/aromatic N) is 1. The van der Waals surface area contributed by atoms with Gasteiger partial charge in [0.2, 0.25) is 0 Å². The fourth-order valence-corrected chi connectivity index (χ4v) is 3.75. The predicted octanol–water partition coefficient (Wildman–Crippen LogP) is -0.268. The largest absolute Gasteiger partial charge is 0.395 e. The van der Waals surface area contributed by atoms with Gasteiger partial charge in [-0.1, -0.05) is 11.8 Å². The van der Waals surface area contributed by atoms with Crippen LogP contribution in [0.3, 0.4) is 0 Å². The minimum Gasteiger partial charge on any atom is -0.395 e. The molecule has 0 bridgehead atoms. The summed E-state index contributed by atoms with van der Waals surface area (Å²) in [5.74, 6) is 5.26. The second kappa shape index (κ2) is 6.70. The molecule has 7 heteroatoms. The number of carbonyl (C=O) groups excluding carboxylic acids is 1. The Kier molecular flexibility index (Phi) is 4.94. The molecule has 1 atom stereocenters. The first-order valence-corrected chi connectivity index (χ1v) is 8.39. The Bertz CT molecular complexity index is 688. The molecule has 2 rings (SSSR count). The number of rotatable bonds is 3. The lowest BCUT2D eigenvalue weighted by molar-refractivity contribution is 0.0941. The van der Waals surface area contributed by atoms with E-state index in [9.17, 15) is 13.2 Å². The van der Waals surface area contributed by atoms with E-state index in [0.717, 1.165) is 0 Å². The summed E-state index contributed by atoms with van der Waals surface area (Å²) in [6.45, 7) is -0.0469. The third-order valence-electron chi connectivity index (χ3n) is 3.09. The van der Waals surface area contributed by atoms with E-state index in [4.69, 9.17) is 5.11 Å². The smallest absolute Gasteiger partial charge is 0.252 e. The van der Waals surface area contributed by atoms with Crippen LogP contribution >= 0.6 is 0 Å². The molecule has 2 N–H and O–H groups in total. The minimum absolute atomic E-state index is 0.0185. The number of aromatic nitrogens is 1. The molecule has 112 valence electrons. The number of nitrogens with one attached hydrogen (secondary N) is 1. The second-order valence-corrected chi connectivity index (χ2v) is 7.00. The van der Waals surface area contributed by atoms with Gasteiger partial charge in [-0.05, 0) is 12.5 Å². The zero-order valence-electron chi connectivity index (χ0n) is 11.4. The van der Waals surface area contributed by atoms with Crippen molar-refractivity contribution >= 4 is 15.7 Å². The molecule has 1 aliphatic rings. The van der Waals surface area contributed by atoms with E-state index < -0.39 is 9.84 Å². The van der Waals surface area contributed by atoms with Crippen molar-refractivity contribution < 1.29 is 18.3 Å². The van der Waals surface area contributed by atoms with E-state index in [0.29, 0.717) is 24.0 Å². The molecule has 1 aliphatic heterocycles. The van der Waals surface area contributed by atoms with Crippen LogP contribution in [0.25, 0.3) is 0 Å². The molecule has 1 amide bonds. The number of aliphatic hydroxyl groups is 1. The van der Waals surface area contributed by atoms with Crippen molar-refractivity contribution in [3.63, 3.8) is 0 Å². The van der Waals surface area contributed by atoms with Gasteiger partial charge in [-0.15, -0.1) is 0 Å². The van der Waals surface area contributed by atoms with Crippen LogP contribution in [0.2, 0.25) is 0 Å². The molecule has 0 spiro atoms. The lowest BCUT2D eigenvalue weighted by Crippen LogP contribution is -2.36. The maximum absolute atomic E-state index is 12.2. The zero-order chi connectivity index (χ0) is 15.3. The number of carbonyl (C=O) groups is 1. The van der Waals surface area contributed by atoms with Crippen molar-refractivity contribution in [1.29, 1.82) is 0 Å². The first kappa shape index (κ1) is 15.5. The normalized spacial score (nSPS) is 19.6. The van der Waals surface area contributed by atoms with Gasteiger partial charge in [-0.3, -0.25) is 9.78 Å². The van der Waals surface area contributed by atoms with Crippen LogP contribution in [-0.4, -0.2) is 48.6 Å². The standard InChI is InChI=1S/C14H16N2O4S/c17-7-2-1-3-11-9-15-6-4-13(11)14(18)16-12-5-8-21(19,20)10-12/h4,6,9,12,17H,2,5,7-8,10H2,(H,16,18). The molecule has 1 aromatic heterocycles. The fraction of sp³-hybridized carbons (Fsp3) is 0.429. The number of pyridine rings is 1. The summed E-state index contributed by atoms with van der Waals surface area (Å²) < 4.78 is 22.8. The maximum atomic E-state index is 12.2. The first-order valence-electron chi connectivity index (χ1n) is 6.57. The third-order valence-corrected chi connectivity index (χ3v) is 4.86. The third kappa shape index (κ3) is 4.28. The van der Waals surface area contributed by atoms with Crippen molar-refractivity contribution in [1.82, 2.24) is 10.3 Å². The van der Waals surface area contributed by atoms with Crippen LogP contribution in [0.15, 0.2) is 18.5 Å². The minimum atomic E-state index is -3.03. The Balaban J connectivity index is 2.11. The fourth-order valence-electron chi connectivity index (χ4n) is 2.08. The highest BCUT2D eigenvalue weighted by Gasteiger charge is 2.29. The summed E-state index contributed by atoms with van der Waals surface area (Å²) in [6.07, 6.45) is 3.71.